The van der Waals surface area contributed by atoms with E-state index in [9.17, 15) is 9.59 Å². The van der Waals surface area contributed by atoms with Gasteiger partial charge in [-0.3, -0.25) is 14.2 Å². The number of hydrogen-bond acceptors (Lipinski definition) is 6. The summed E-state index contributed by atoms with van der Waals surface area (Å²) in [7, 11) is 0. The fourth-order valence-corrected chi connectivity index (χ4v) is 4.32. The van der Waals surface area contributed by atoms with Crippen LogP contribution >= 0.6 is 23.1 Å². The Bertz CT molecular complexity index is 1250. The summed E-state index contributed by atoms with van der Waals surface area (Å²) in [5.74, 6) is -0.0743. The zero-order valence-corrected chi connectivity index (χ0v) is 17.5. The molecule has 4 aromatic rings. The van der Waals surface area contributed by atoms with Crippen LogP contribution in [0.1, 0.15) is 11.1 Å². The first-order valence-electron chi connectivity index (χ1n) is 8.95. The second-order valence-corrected chi connectivity index (χ2v) is 8.28. The summed E-state index contributed by atoms with van der Waals surface area (Å²) in [5, 5.41) is 6.13. The van der Waals surface area contributed by atoms with Crippen molar-refractivity contribution < 1.29 is 4.79 Å². The van der Waals surface area contributed by atoms with Gasteiger partial charge in [-0.2, -0.15) is 0 Å². The number of aryl methyl sites for hydroxylation is 1. The van der Waals surface area contributed by atoms with Gasteiger partial charge >= 0.3 is 0 Å². The molecule has 0 aliphatic rings. The molecule has 0 saturated carbocycles. The van der Waals surface area contributed by atoms with Gasteiger partial charge in [-0.05, 0) is 43.2 Å². The molecule has 2 aromatic carbocycles. The van der Waals surface area contributed by atoms with Crippen molar-refractivity contribution in [3.8, 4) is 5.69 Å². The maximum absolute atomic E-state index is 13.3. The van der Waals surface area contributed by atoms with E-state index in [0.717, 1.165) is 16.8 Å². The number of para-hydroxylation sites is 1. The molecule has 0 bridgehead atoms. The first-order chi connectivity index (χ1) is 14.0. The van der Waals surface area contributed by atoms with Gasteiger partial charge in [-0.1, -0.05) is 36.0 Å². The molecule has 0 unspecified atom stereocenters. The number of benzene rings is 2. The van der Waals surface area contributed by atoms with Crippen LogP contribution in [-0.4, -0.2) is 26.2 Å². The van der Waals surface area contributed by atoms with E-state index in [-0.39, 0.29) is 17.2 Å². The standard InChI is InChI=1S/C21H18N4O2S2/c1-13-6-5-9-17(14(13)2)25-19(27)15-7-3-4-8-16(15)23-21(25)29-12-18(26)24-20-22-10-11-28-20/h3-11H,12H2,1-2H3,(H,22,24,26). The van der Waals surface area contributed by atoms with Gasteiger partial charge in [-0.25, -0.2) is 9.97 Å². The van der Waals surface area contributed by atoms with E-state index in [4.69, 9.17) is 0 Å². The van der Waals surface area contributed by atoms with Crippen LogP contribution in [0.5, 0.6) is 0 Å². The van der Waals surface area contributed by atoms with E-state index in [1.807, 2.05) is 50.2 Å². The van der Waals surface area contributed by atoms with Gasteiger partial charge in [0.15, 0.2) is 10.3 Å². The number of amides is 1. The number of carbonyl (C=O) groups excluding carboxylic acids is 1. The van der Waals surface area contributed by atoms with Crippen LogP contribution in [0.4, 0.5) is 5.13 Å². The number of hydrogen-bond donors (Lipinski definition) is 1. The number of nitrogens with one attached hydrogen (secondary N) is 1. The molecule has 4 rings (SSSR count). The highest BCUT2D eigenvalue weighted by atomic mass is 32.2. The van der Waals surface area contributed by atoms with Crippen LogP contribution in [0.2, 0.25) is 0 Å². The van der Waals surface area contributed by atoms with Crippen molar-refractivity contribution in [2.75, 3.05) is 11.1 Å². The SMILES string of the molecule is Cc1cccc(-n2c(SCC(=O)Nc3nccs3)nc3ccccc3c2=O)c1C. The Morgan fingerprint density at radius 2 is 2.00 bits per heavy atom. The minimum absolute atomic E-state index is 0.120. The lowest BCUT2D eigenvalue weighted by Gasteiger charge is -2.16. The Labute approximate surface area is 175 Å². The van der Waals surface area contributed by atoms with Gasteiger partial charge < -0.3 is 5.32 Å². The maximum Gasteiger partial charge on any atom is 0.266 e. The molecule has 6 nitrogen and oxygen atoms in total. The average Bonchev–Trinajstić information content (AvgIpc) is 3.22. The summed E-state index contributed by atoms with van der Waals surface area (Å²) in [6.07, 6.45) is 1.64. The summed E-state index contributed by atoms with van der Waals surface area (Å²) < 4.78 is 1.60. The predicted molar refractivity (Wildman–Crippen MR) is 118 cm³/mol. The Kier molecular flexibility index (Phi) is 5.46. The van der Waals surface area contributed by atoms with Crippen molar-refractivity contribution in [2.45, 2.75) is 19.0 Å². The van der Waals surface area contributed by atoms with Crippen LogP contribution in [0.25, 0.3) is 16.6 Å². The van der Waals surface area contributed by atoms with E-state index in [2.05, 4.69) is 15.3 Å². The van der Waals surface area contributed by atoms with Crippen molar-refractivity contribution in [1.82, 2.24) is 14.5 Å². The lowest BCUT2D eigenvalue weighted by atomic mass is 10.1. The highest BCUT2D eigenvalue weighted by Gasteiger charge is 2.16. The summed E-state index contributed by atoms with van der Waals surface area (Å²) in [4.78, 5) is 34.4. The molecule has 2 heterocycles. The topological polar surface area (TPSA) is 76.9 Å². The fourth-order valence-electron chi connectivity index (χ4n) is 2.97. The zero-order chi connectivity index (χ0) is 20.4. The summed E-state index contributed by atoms with van der Waals surface area (Å²) >= 11 is 2.59. The van der Waals surface area contributed by atoms with Crippen LogP contribution in [0, 0.1) is 13.8 Å². The highest BCUT2D eigenvalue weighted by Crippen LogP contribution is 2.24. The van der Waals surface area contributed by atoms with Crippen molar-refractivity contribution >= 4 is 45.0 Å². The second kappa shape index (κ2) is 8.18. The summed E-state index contributed by atoms with van der Waals surface area (Å²) in [6, 6.07) is 13.1. The maximum atomic E-state index is 13.3. The van der Waals surface area contributed by atoms with Crippen molar-refractivity contribution in [3.05, 3.63) is 75.5 Å². The number of aromatic nitrogens is 3. The highest BCUT2D eigenvalue weighted by molar-refractivity contribution is 7.99. The van der Waals surface area contributed by atoms with Crippen molar-refractivity contribution in [1.29, 1.82) is 0 Å². The van der Waals surface area contributed by atoms with E-state index in [0.29, 0.717) is 21.2 Å². The number of nitrogens with zero attached hydrogens (tertiary/aromatic N) is 3. The number of carbonyl (C=O) groups is 1. The van der Waals surface area contributed by atoms with Gasteiger partial charge in [-0.15, -0.1) is 11.3 Å². The third kappa shape index (κ3) is 3.94. The van der Waals surface area contributed by atoms with E-state index >= 15 is 0 Å². The van der Waals surface area contributed by atoms with Crippen molar-refractivity contribution in [3.63, 3.8) is 0 Å². The molecule has 1 N–H and O–H groups in total. The van der Waals surface area contributed by atoms with Crippen LogP contribution < -0.4 is 10.9 Å². The Balaban J connectivity index is 1.76. The lowest BCUT2D eigenvalue weighted by Crippen LogP contribution is -2.23. The smallest absolute Gasteiger partial charge is 0.266 e. The van der Waals surface area contributed by atoms with E-state index < -0.39 is 0 Å². The van der Waals surface area contributed by atoms with Gasteiger partial charge in [0.05, 0.1) is 22.3 Å². The molecule has 1 amide bonds. The third-order valence-electron chi connectivity index (χ3n) is 4.57. The fraction of sp³-hybridized carbons (Fsp3) is 0.143. The molecule has 2 aromatic heterocycles. The molecule has 0 saturated heterocycles. The monoisotopic (exact) mass is 422 g/mol. The van der Waals surface area contributed by atoms with Crippen molar-refractivity contribution in [2.24, 2.45) is 0 Å². The number of thiazole rings is 1. The Morgan fingerprint density at radius 1 is 1.17 bits per heavy atom. The summed E-state index contributed by atoms with van der Waals surface area (Å²) in [6.45, 7) is 3.99. The average molecular weight is 423 g/mol. The molecule has 0 aliphatic heterocycles. The van der Waals surface area contributed by atoms with E-state index in [1.54, 1.807) is 22.2 Å². The molecule has 146 valence electrons. The van der Waals surface area contributed by atoms with Crippen LogP contribution in [-0.2, 0) is 4.79 Å². The quantitative estimate of drug-likeness (QED) is 0.385. The van der Waals surface area contributed by atoms with Gasteiger partial charge in [0, 0.05) is 11.6 Å². The molecule has 0 aliphatic carbocycles. The van der Waals surface area contributed by atoms with Gasteiger partial charge in [0.1, 0.15) is 0 Å². The minimum Gasteiger partial charge on any atom is -0.301 e. The number of anilines is 1. The first kappa shape index (κ1) is 19.4. The molecule has 0 atom stereocenters. The van der Waals surface area contributed by atoms with E-state index in [1.165, 1.54) is 23.1 Å². The van der Waals surface area contributed by atoms with Crippen LogP contribution in [0.3, 0.4) is 0 Å². The molecule has 0 fully saturated rings. The second-order valence-electron chi connectivity index (χ2n) is 6.45. The summed E-state index contributed by atoms with van der Waals surface area (Å²) in [5.41, 5.74) is 3.32. The number of rotatable bonds is 5. The largest absolute Gasteiger partial charge is 0.301 e. The Morgan fingerprint density at radius 3 is 2.79 bits per heavy atom. The Hall–Kier alpha value is -2.97. The normalized spacial score (nSPS) is 11.0. The van der Waals surface area contributed by atoms with Crippen LogP contribution in [0.15, 0.2) is 64.0 Å². The molecule has 8 heteroatoms. The number of thioether (sulfide) groups is 1. The molecule has 0 radical (unpaired) electrons. The molecular weight excluding hydrogens is 404 g/mol. The zero-order valence-electron chi connectivity index (χ0n) is 15.9. The third-order valence-corrected chi connectivity index (χ3v) is 6.20. The van der Waals surface area contributed by atoms with Gasteiger partial charge in [0.25, 0.3) is 5.56 Å². The number of fused-ring (bicyclic) bond motifs is 1. The molecule has 29 heavy (non-hydrogen) atoms. The molecular formula is C21H18N4O2S2. The predicted octanol–water partition coefficient (Wildman–Crippen LogP) is 4.19. The van der Waals surface area contributed by atoms with Gasteiger partial charge in [0.2, 0.25) is 5.91 Å². The minimum atomic E-state index is -0.195. The lowest BCUT2D eigenvalue weighted by molar-refractivity contribution is -0.113. The first-order valence-corrected chi connectivity index (χ1v) is 10.8. The molecule has 0 spiro atoms.